The number of aryl methyl sites for hydroxylation is 3. The number of hydrogen-bond acceptors (Lipinski definition) is 7. The number of rotatable bonds is 9. The summed E-state index contributed by atoms with van der Waals surface area (Å²) in [6, 6.07) is 14.7. The molecule has 1 fully saturated rings. The molecule has 15 heteroatoms. The van der Waals surface area contributed by atoms with Gasteiger partial charge in [-0.3, -0.25) is 9.69 Å². The predicted octanol–water partition coefficient (Wildman–Crippen LogP) is 6.75. The van der Waals surface area contributed by atoms with Crippen LogP contribution in [0.25, 0.3) is 5.69 Å². The Bertz CT molecular complexity index is 1860. The predicted molar refractivity (Wildman–Crippen MR) is 171 cm³/mol. The lowest BCUT2D eigenvalue weighted by Crippen LogP contribution is -2.31. The van der Waals surface area contributed by atoms with Crippen LogP contribution in [0.15, 0.2) is 72.0 Å². The molecule has 0 aliphatic carbocycles. The molecule has 0 radical (unpaired) electrons. The molecule has 2 N–H and O–H groups in total. The van der Waals surface area contributed by atoms with E-state index in [0.29, 0.717) is 35.6 Å². The topological polar surface area (TPSA) is 139 Å². The van der Waals surface area contributed by atoms with E-state index in [4.69, 9.17) is 0 Å². The second-order valence-corrected chi connectivity index (χ2v) is 11.8. The number of nitrogens with zero attached hydrogens (tertiary/aromatic N) is 5. The number of carbonyl (C=O) groups is 3. The van der Waals surface area contributed by atoms with Gasteiger partial charge in [-0.1, -0.05) is 43.8 Å². The van der Waals surface area contributed by atoms with Crippen LogP contribution in [0.5, 0.6) is 5.75 Å². The highest BCUT2D eigenvalue weighted by Crippen LogP contribution is 2.34. The van der Waals surface area contributed by atoms with Crippen LogP contribution in [0.3, 0.4) is 0 Å². The normalized spacial score (nSPS) is 14.2. The number of benzene rings is 3. The third-order valence-electron chi connectivity index (χ3n) is 7.08. The monoisotopic (exact) mass is 666 g/mol. The van der Waals surface area contributed by atoms with Crippen molar-refractivity contribution >= 4 is 46.2 Å². The number of anilines is 2. The first-order valence-corrected chi connectivity index (χ1v) is 15.3. The number of aromatic nitrogens is 3. The van der Waals surface area contributed by atoms with E-state index in [1.165, 1.54) is 52.3 Å². The molecule has 0 bridgehead atoms. The zero-order valence-electron chi connectivity index (χ0n) is 25.4. The van der Waals surface area contributed by atoms with Crippen molar-refractivity contribution in [2.45, 2.75) is 45.9 Å². The lowest BCUT2D eigenvalue weighted by Gasteiger charge is -2.22. The van der Waals surface area contributed by atoms with Crippen LogP contribution >= 0.6 is 11.8 Å². The molecule has 1 aromatic heterocycles. The SMILES string of the molecule is Cc1ccc(C(C)C)c(N2C(=O)CSC2=NC(=O)Nc2ccc(CCc3ncn(-c4ccc(OC(F)(F)F)cc4)n3)cc2C(=O)O)c1. The van der Waals surface area contributed by atoms with Crippen LogP contribution in [0, 0.1) is 6.92 Å². The summed E-state index contributed by atoms with van der Waals surface area (Å²) in [5.74, 6) is -1.18. The Morgan fingerprint density at radius 3 is 2.51 bits per heavy atom. The van der Waals surface area contributed by atoms with Crippen molar-refractivity contribution in [1.82, 2.24) is 14.8 Å². The number of halogens is 3. The average Bonchev–Trinajstić information content (AvgIpc) is 3.62. The van der Waals surface area contributed by atoms with Gasteiger partial charge in [0.15, 0.2) is 11.0 Å². The van der Waals surface area contributed by atoms with Gasteiger partial charge in [-0.2, -0.15) is 10.1 Å². The fourth-order valence-electron chi connectivity index (χ4n) is 4.87. The first-order valence-electron chi connectivity index (χ1n) is 14.4. The van der Waals surface area contributed by atoms with Crippen LogP contribution in [0.4, 0.5) is 29.3 Å². The Morgan fingerprint density at radius 2 is 1.83 bits per heavy atom. The van der Waals surface area contributed by atoms with Crippen LogP contribution in [0.1, 0.15) is 52.6 Å². The number of carboxylic acid groups (broad SMARTS) is 1. The van der Waals surface area contributed by atoms with Gasteiger partial charge in [0.2, 0.25) is 5.91 Å². The summed E-state index contributed by atoms with van der Waals surface area (Å²) in [5.41, 5.74) is 3.53. The van der Waals surface area contributed by atoms with Gasteiger partial charge in [-0.05, 0) is 78.4 Å². The lowest BCUT2D eigenvalue weighted by atomic mass is 9.99. The van der Waals surface area contributed by atoms with E-state index in [1.807, 2.05) is 39.0 Å². The zero-order chi connectivity index (χ0) is 33.9. The minimum Gasteiger partial charge on any atom is -0.478 e. The van der Waals surface area contributed by atoms with Crippen molar-refractivity contribution in [2.75, 3.05) is 16.0 Å². The van der Waals surface area contributed by atoms with Crippen LogP contribution in [0.2, 0.25) is 0 Å². The number of hydrogen-bond donors (Lipinski definition) is 2. The molecule has 1 aliphatic heterocycles. The lowest BCUT2D eigenvalue weighted by molar-refractivity contribution is -0.274. The zero-order valence-corrected chi connectivity index (χ0v) is 26.2. The third kappa shape index (κ3) is 8.16. The standard InChI is InChI=1S/C32H29F3N6O5S/c1-18(2)23-11-4-19(3)14-26(23)41-28(42)16-47-31(41)38-30(45)37-25-12-5-20(15-24(25)29(43)44)6-13-27-36-17-40(39-27)21-7-9-22(10-8-21)46-32(33,34)35/h4-5,7-12,14-15,17-18H,6,13,16H2,1-3H3,(H,37,45)(H,43,44). The minimum absolute atomic E-state index is 0.0373. The van der Waals surface area contributed by atoms with Crippen molar-refractivity contribution in [3.8, 4) is 11.4 Å². The molecule has 244 valence electrons. The maximum atomic E-state index is 13.0. The number of ether oxygens (including phenoxy) is 1. The highest BCUT2D eigenvalue weighted by molar-refractivity contribution is 8.15. The van der Waals surface area contributed by atoms with Gasteiger partial charge in [0.25, 0.3) is 0 Å². The molecule has 2 heterocycles. The number of nitrogens with one attached hydrogen (secondary N) is 1. The first kappa shape index (κ1) is 33.2. The van der Waals surface area contributed by atoms with E-state index in [9.17, 15) is 32.7 Å². The summed E-state index contributed by atoms with van der Waals surface area (Å²) in [5, 5.41) is 17.0. The van der Waals surface area contributed by atoms with E-state index in [1.54, 1.807) is 6.07 Å². The maximum Gasteiger partial charge on any atom is 0.573 e. The number of alkyl halides is 3. The summed E-state index contributed by atoms with van der Waals surface area (Å²) in [4.78, 5) is 47.7. The quantitative estimate of drug-likeness (QED) is 0.200. The molecule has 1 aliphatic rings. The van der Waals surface area contributed by atoms with Gasteiger partial charge in [-0.15, -0.1) is 13.2 Å². The molecule has 0 spiro atoms. The van der Waals surface area contributed by atoms with Gasteiger partial charge in [0.05, 0.1) is 28.4 Å². The van der Waals surface area contributed by atoms with Crippen molar-refractivity contribution in [3.63, 3.8) is 0 Å². The van der Waals surface area contributed by atoms with Crippen LogP contribution in [-0.4, -0.2) is 55.1 Å². The fraction of sp³-hybridized carbons (Fsp3) is 0.250. The third-order valence-corrected chi connectivity index (χ3v) is 8.00. The van der Waals surface area contributed by atoms with E-state index >= 15 is 0 Å². The molecule has 0 atom stereocenters. The molecule has 3 amide bonds. The van der Waals surface area contributed by atoms with Crippen LogP contribution in [-0.2, 0) is 17.6 Å². The van der Waals surface area contributed by atoms with Crippen molar-refractivity contribution in [1.29, 1.82) is 0 Å². The van der Waals surface area contributed by atoms with Crippen molar-refractivity contribution in [2.24, 2.45) is 4.99 Å². The number of aliphatic imine (C=N–C) groups is 1. The Labute approximate surface area is 271 Å². The van der Waals surface area contributed by atoms with E-state index in [-0.39, 0.29) is 39.7 Å². The average molecular weight is 667 g/mol. The van der Waals surface area contributed by atoms with Crippen molar-refractivity contribution < 1.29 is 37.4 Å². The Kier molecular flexibility index (Phi) is 9.65. The number of amides is 3. The summed E-state index contributed by atoms with van der Waals surface area (Å²) in [6.45, 7) is 5.93. The molecular weight excluding hydrogens is 637 g/mol. The van der Waals surface area contributed by atoms with E-state index < -0.39 is 18.4 Å². The fourth-order valence-corrected chi connectivity index (χ4v) is 5.73. The summed E-state index contributed by atoms with van der Waals surface area (Å²) >= 11 is 1.13. The molecule has 1 saturated heterocycles. The van der Waals surface area contributed by atoms with Gasteiger partial charge < -0.3 is 15.2 Å². The summed E-state index contributed by atoms with van der Waals surface area (Å²) in [6.07, 6.45) is -2.68. The van der Waals surface area contributed by atoms with Gasteiger partial charge in [-0.25, -0.2) is 19.3 Å². The van der Waals surface area contributed by atoms with E-state index in [0.717, 1.165) is 22.9 Å². The number of aromatic carboxylic acids is 1. The Morgan fingerprint density at radius 1 is 1.09 bits per heavy atom. The highest BCUT2D eigenvalue weighted by Gasteiger charge is 2.33. The summed E-state index contributed by atoms with van der Waals surface area (Å²) < 4.78 is 42.5. The smallest absolute Gasteiger partial charge is 0.478 e. The van der Waals surface area contributed by atoms with Crippen molar-refractivity contribution in [3.05, 3.63) is 95.1 Å². The maximum absolute atomic E-state index is 13.0. The number of amidine groups is 1. The Balaban J connectivity index is 1.27. The Hall–Kier alpha value is -5.18. The van der Waals surface area contributed by atoms with Crippen LogP contribution < -0.4 is 15.0 Å². The van der Waals surface area contributed by atoms with Gasteiger partial charge >= 0.3 is 18.4 Å². The van der Waals surface area contributed by atoms with Gasteiger partial charge in [0.1, 0.15) is 12.1 Å². The summed E-state index contributed by atoms with van der Waals surface area (Å²) in [7, 11) is 0. The highest BCUT2D eigenvalue weighted by atomic mass is 32.2. The molecule has 5 rings (SSSR count). The molecule has 0 unspecified atom stereocenters. The van der Waals surface area contributed by atoms with E-state index in [2.05, 4.69) is 25.1 Å². The molecular formula is C32H29F3N6O5S. The second kappa shape index (κ2) is 13.7. The second-order valence-electron chi connectivity index (χ2n) is 10.9. The molecule has 3 aromatic carbocycles. The number of carbonyl (C=O) groups excluding carboxylic acids is 2. The number of thioether (sulfide) groups is 1. The minimum atomic E-state index is -4.79. The molecule has 47 heavy (non-hydrogen) atoms. The largest absolute Gasteiger partial charge is 0.573 e. The molecule has 11 nitrogen and oxygen atoms in total. The first-order chi connectivity index (χ1) is 22.3. The molecule has 4 aromatic rings. The number of urea groups is 1. The number of carboxylic acids is 1. The molecule has 0 saturated carbocycles. The van der Waals surface area contributed by atoms with Gasteiger partial charge in [0, 0.05) is 6.42 Å².